The molecule has 6 nitrogen and oxygen atoms in total. The van der Waals surface area contributed by atoms with Crippen LogP contribution in [-0.4, -0.2) is 34.0 Å². The highest BCUT2D eigenvalue weighted by Crippen LogP contribution is 2.20. The van der Waals surface area contributed by atoms with Crippen molar-refractivity contribution in [2.75, 3.05) is 24.4 Å². The summed E-state index contributed by atoms with van der Waals surface area (Å²) >= 11 is 0. The molecule has 0 saturated heterocycles. The van der Waals surface area contributed by atoms with E-state index in [2.05, 4.69) is 15.4 Å². The molecular formula is C18H24ClN3O3S. The summed E-state index contributed by atoms with van der Waals surface area (Å²) in [5.74, 6) is -0.319. The van der Waals surface area contributed by atoms with Crippen LogP contribution in [0, 0.1) is 6.92 Å². The van der Waals surface area contributed by atoms with Gasteiger partial charge in [0.25, 0.3) is 15.9 Å². The fourth-order valence-corrected chi connectivity index (χ4v) is 3.31. The van der Waals surface area contributed by atoms with E-state index in [0.717, 1.165) is 12.1 Å². The average molecular weight is 398 g/mol. The molecule has 3 N–H and O–H groups in total. The second-order valence-corrected chi connectivity index (χ2v) is 7.26. The van der Waals surface area contributed by atoms with Crippen molar-refractivity contribution in [3.63, 3.8) is 0 Å². The number of anilines is 1. The number of hydrogen-bond donors (Lipinski definition) is 3. The fraction of sp³-hybridized carbons (Fsp3) is 0.278. The minimum Gasteiger partial charge on any atom is -0.351 e. The van der Waals surface area contributed by atoms with Gasteiger partial charge >= 0.3 is 0 Å². The number of rotatable bonds is 8. The molecule has 2 aromatic carbocycles. The Bertz CT molecular complexity index is 824. The van der Waals surface area contributed by atoms with Gasteiger partial charge in [-0.2, -0.15) is 0 Å². The lowest BCUT2D eigenvalue weighted by Gasteiger charge is -2.13. The second kappa shape index (κ2) is 10.2. The van der Waals surface area contributed by atoms with E-state index in [1.807, 2.05) is 13.8 Å². The zero-order valence-electron chi connectivity index (χ0n) is 14.8. The minimum atomic E-state index is -3.76. The average Bonchev–Trinajstić information content (AvgIpc) is 2.59. The number of sulfonamides is 1. The van der Waals surface area contributed by atoms with E-state index in [1.54, 1.807) is 36.4 Å². The summed E-state index contributed by atoms with van der Waals surface area (Å²) in [4.78, 5) is 12.5. The van der Waals surface area contributed by atoms with Crippen LogP contribution in [0.1, 0.15) is 22.8 Å². The van der Waals surface area contributed by atoms with Gasteiger partial charge in [0.2, 0.25) is 0 Å². The quantitative estimate of drug-likeness (QED) is 0.597. The topological polar surface area (TPSA) is 87.3 Å². The van der Waals surface area contributed by atoms with E-state index in [-0.39, 0.29) is 34.5 Å². The van der Waals surface area contributed by atoms with Crippen LogP contribution < -0.4 is 15.4 Å². The van der Waals surface area contributed by atoms with Crippen molar-refractivity contribution >= 4 is 34.0 Å². The molecule has 0 fully saturated rings. The summed E-state index contributed by atoms with van der Waals surface area (Å²) in [6.45, 7) is 5.81. The van der Waals surface area contributed by atoms with Gasteiger partial charge in [0.05, 0.1) is 16.1 Å². The van der Waals surface area contributed by atoms with E-state index >= 15 is 0 Å². The van der Waals surface area contributed by atoms with Crippen LogP contribution in [0.2, 0.25) is 0 Å². The molecule has 142 valence electrons. The molecule has 0 aromatic heterocycles. The largest absolute Gasteiger partial charge is 0.351 e. The maximum Gasteiger partial charge on any atom is 0.261 e. The predicted octanol–water partition coefficient (Wildman–Crippen LogP) is 2.56. The molecule has 0 radical (unpaired) electrons. The Kier molecular flexibility index (Phi) is 8.57. The Morgan fingerprint density at radius 2 is 1.65 bits per heavy atom. The van der Waals surface area contributed by atoms with Crippen LogP contribution in [0.5, 0.6) is 0 Å². The zero-order chi connectivity index (χ0) is 18.3. The number of amides is 1. The Hall–Kier alpha value is -2.09. The monoisotopic (exact) mass is 397 g/mol. The van der Waals surface area contributed by atoms with Crippen molar-refractivity contribution in [3.8, 4) is 0 Å². The standard InChI is InChI=1S/C18H23N3O3S.ClH/c1-3-19-12-13-20-18(22)16-6-4-5-7-17(16)21-25(23,24)15-10-8-14(2)9-11-15;/h4-11,19,21H,3,12-13H2,1-2H3,(H,20,22);1H. The number of likely N-dealkylation sites (N-methyl/N-ethyl adjacent to an activating group) is 1. The summed E-state index contributed by atoms with van der Waals surface area (Å²) in [5, 5.41) is 5.88. The van der Waals surface area contributed by atoms with Crippen molar-refractivity contribution < 1.29 is 13.2 Å². The van der Waals surface area contributed by atoms with Gasteiger partial charge in [-0.05, 0) is 37.7 Å². The van der Waals surface area contributed by atoms with E-state index in [0.29, 0.717) is 13.1 Å². The van der Waals surface area contributed by atoms with Crippen LogP contribution >= 0.6 is 12.4 Å². The van der Waals surface area contributed by atoms with E-state index in [9.17, 15) is 13.2 Å². The van der Waals surface area contributed by atoms with Crippen molar-refractivity contribution in [2.24, 2.45) is 0 Å². The highest BCUT2D eigenvalue weighted by atomic mass is 35.5. The third kappa shape index (κ3) is 6.01. The first kappa shape index (κ1) is 22.0. The Morgan fingerprint density at radius 3 is 2.31 bits per heavy atom. The second-order valence-electron chi connectivity index (χ2n) is 5.57. The summed E-state index contributed by atoms with van der Waals surface area (Å²) < 4.78 is 27.6. The maximum absolute atomic E-state index is 12.5. The fourth-order valence-electron chi connectivity index (χ4n) is 2.23. The van der Waals surface area contributed by atoms with Gasteiger partial charge < -0.3 is 10.6 Å². The van der Waals surface area contributed by atoms with E-state index in [1.165, 1.54) is 12.1 Å². The molecule has 0 spiro atoms. The molecule has 0 aliphatic rings. The van der Waals surface area contributed by atoms with Crippen LogP contribution in [-0.2, 0) is 10.0 Å². The first-order valence-electron chi connectivity index (χ1n) is 8.11. The molecule has 26 heavy (non-hydrogen) atoms. The van der Waals surface area contributed by atoms with Crippen LogP contribution in [0.15, 0.2) is 53.4 Å². The number of aryl methyl sites for hydroxylation is 1. The van der Waals surface area contributed by atoms with Crippen LogP contribution in [0.4, 0.5) is 5.69 Å². The number of nitrogens with one attached hydrogen (secondary N) is 3. The first-order chi connectivity index (χ1) is 11.9. The normalized spacial score (nSPS) is 10.7. The number of benzene rings is 2. The molecule has 2 rings (SSSR count). The number of halogens is 1. The van der Waals surface area contributed by atoms with Gasteiger partial charge in [-0.15, -0.1) is 12.4 Å². The van der Waals surface area contributed by atoms with Gasteiger partial charge in [-0.1, -0.05) is 36.8 Å². The molecular weight excluding hydrogens is 374 g/mol. The molecule has 0 heterocycles. The summed E-state index contributed by atoms with van der Waals surface area (Å²) in [6.07, 6.45) is 0. The Balaban J connectivity index is 0.00000338. The minimum absolute atomic E-state index is 0. The summed E-state index contributed by atoms with van der Waals surface area (Å²) in [5.41, 5.74) is 1.51. The van der Waals surface area contributed by atoms with Crippen molar-refractivity contribution in [1.82, 2.24) is 10.6 Å². The number of carbonyl (C=O) groups excluding carboxylic acids is 1. The van der Waals surface area contributed by atoms with Gasteiger partial charge in [-0.25, -0.2) is 8.42 Å². The maximum atomic E-state index is 12.5. The zero-order valence-corrected chi connectivity index (χ0v) is 16.4. The molecule has 8 heteroatoms. The SMILES string of the molecule is CCNCCNC(=O)c1ccccc1NS(=O)(=O)c1ccc(C)cc1.Cl. The molecule has 0 unspecified atom stereocenters. The van der Waals surface area contributed by atoms with Gasteiger partial charge in [0, 0.05) is 13.1 Å². The van der Waals surface area contributed by atoms with Crippen molar-refractivity contribution in [1.29, 1.82) is 0 Å². The summed E-state index contributed by atoms with van der Waals surface area (Å²) in [6, 6.07) is 13.1. The third-order valence-electron chi connectivity index (χ3n) is 3.58. The van der Waals surface area contributed by atoms with Crippen LogP contribution in [0.25, 0.3) is 0 Å². The van der Waals surface area contributed by atoms with E-state index < -0.39 is 10.0 Å². The van der Waals surface area contributed by atoms with Gasteiger partial charge in [-0.3, -0.25) is 9.52 Å². The highest BCUT2D eigenvalue weighted by molar-refractivity contribution is 7.92. The van der Waals surface area contributed by atoms with Gasteiger partial charge in [0.15, 0.2) is 0 Å². The molecule has 2 aromatic rings. The highest BCUT2D eigenvalue weighted by Gasteiger charge is 2.18. The summed E-state index contributed by atoms with van der Waals surface area (Å²) in [7, 11) is -3.76. The first-order valence-corrected chi connectivity index (χ1v) is 9.60. The molecule has 0 aliphatic heterocycles. The van der Waals surface area contributed by atoms with Crippen molar-refractivity contribution in [3.05, 3.63) is 59.7 Å². The Morgan fingerprint density at radius 1 is 1.00 bits per heavy atom. The molecule has 0 aliphatic carbocycles. The van der Waals surface area contributed by atoms with E-state index in [4.69, 9.17) is 0 Å². The predicted molar refractivity (Wildman–Crippen MR) is 107 cm³/mol. The molecule has 0 atom stereocenters. The number of hydrogen-bond acceptors (Lipinski definition) is 4. The van der Waals surface area contributed by atoms with Gasteiger partial charge in [0.1, 0.15) is 0 Å². The molecule has 0 saturated carbocycles. The molecule has 1 amide bonds. The van der Waals surface area contributed by atoms with Crippen LogP contribution in [0.3, 0.4) is 0 Å². The lowest BCUT2D eigenvalue weighted by molar-refractivity contribution is 0.0955. The smallest absolute Gasteiger partial charge is 0.261 e. The lowest BCUT2D eigenvalue weighted by Crippen LogP contribution is -2.32. The van der Waals surface area contributed by atoms with Crippen molar-refractivity contribution in [2.45, 2.75) is 18.7 Å². The number of carbonyl (C=O) groups is 1. The number of para-hydroxylation sites is 1. The molecule has 0 bridgehead atoms. The third-order valence-corrected chi connectivity index (χ3v) is 4.97. The lowest BCUT2D eigenvalue weighted by atomic mass is 10.1. The Labute approximate surface area is 160 Å².